The van der Waals surface area contributed by atoms with Crippen molar-refractivity contribution in [2.45, 2.75) is 94.5 Å². The Morgan fingerprint density at radius 3 is 2.47 bits per heavy atom. The van der Waals surface area contributed by atoms with Crippen molar-refractivity contribution in [1.82, 2.24) is 0 Å². The van der Waals surface area contributed by atoms with Crippen LogP contribution in [-0.2, 0) is 38.1 Å². The molecule has 2 amide bonds. The number of carbonyl (C=O) groups excluding carboxylic acids is 4. The second-order valence-electron chi connectivity index (χ2n) is 16.4. The average Bonchev–Trinajstić information content (AvgIpc) is 3.61. The Labute approximate surface area is 297 Å². The number of fused-ring (bicyclic) bond motifs is 2. The van der Waals surface area contributed by atoms with Crippen LogP contribution in [0, 0.1) is 46.3 Å². The topological polar surface area (TPSA) is 170 Å². The number of methoxy groups -OCH3 is 3. The molecule has 2 N–H and O–H groups in total. The van der Waals surface area contributed by atoms with E-state index in [0.29, 0.717) is 19.3 Å². The first kappa shape index (κ1) is 34.8. The van der Waals surface area contributed by atoms with Crippen LogP contribution in [-0.4, -0.2) is 110 Å². The van der Waals surface area contributed by atoms with E-state index in [0.717, 1.165) is 4.90 Å². The number of imide groups is 1. The zero-order valence-electron chi connectivity index (χ0n) is 29.9. The van der Waals surface area contributed by atoms with Gasteiger partial charge in [-0.15, -0.1) is 0 Å². The van der Waals surface area contributed by atoms with Crippen molar-refractivity contribution < 1.29 is 53.1 Å². The summed E-state index contributed by atoms with van der Waals surface area (Å²) in [4.78, 5) is 59.1. The van der Waals surface area contributed by atoms with Crippen LogP contribution in [0.2, 0.25) is 0 Å². The highest BCUT2D eigenvalue weighted by Crippen LogP contribution is 2.79. The summed E-state index contributed by atoms with van der Waals surface area (Å²) in [5.74, 6) is -4.39. The molecule has 51 heavy (non-hydrogen) atoms. The van der Waals surface area contributed by atoms with E-state index in [1.807, 2.05) is 0 Å². The van der Waals surface area contributed by atoms with E-state index in [1.54, 1.807) is 59.4 Å². The van der Waals surface area contributed by atoms with Crippen LogP contribution >= 0.6 is 0 Å². The summed E-state index contributed by atoms with van der Waals surface area (Å²) in [5.41, 5.74) is -5.25. The number of rotatable bonds is 9. The largest absolute Gasteiger partial charge is 0.461 e. The van der Waals surface area contributed by atoms with E-state index in [9.17, 15) is 29.4 Å². The van der Waals surface area contributed by atoms with Gasteiger partial charge in [0.25, 0.3) is 0 Å². The van der Waals surface area contributed by atoms with Gasteiger partial charge in [0.05, 0.1) is 41.5 Å². The van der Waals surface area contributed by atoms with Crippen LogP contribution in [0.15, 0.2) is 29.3 Å². The smallest absolute Gasteiger partial charge is 0.340 e. The van der Waals surface area contributed by atoms with Gasteiger partial charge in [-0.3, -0.25) is 19.4 Å². The molecular weight excluding hydrogens is 660 g/mol. The number of aliphatic imine (C=N–C) groups is 1. The number of aliphatic hydroxyl groups is 2. The van der Waals surface area contributed by atoms with Gasteiger partial charge in [0, 0.05) is 74.9 Å². The Bertz CT molecular complexity index is 1700. The summed E-state index contributed by atoms with van der Waals surface area (Å²) in [6, 6.07) is 5.61. The van der Waals surface area contributed by atoms with Crippen molar-refractivity contribution in [2.75, 3.05) is 32.8 Å². The van der Waals surface area contributed by atoms with Gasteiger partial charge >= 0.3 is 11.9 Å². The van der Waals surface area contributed by atoms with Gasteiger partial charge < -0.3 is 33.9 Å². The number of para-hydroxylation sites is 1. The minimum Gasteiger partial charge on any atom is -0.461 e. The first-order valence-corrected chi connectivity index (χ1v) is 18.2. The van der Waals surface area contributed by atoms with Crippen molar-refractivity contribution in [3.05, 3.63) is 29.8 Å². The molecule has 2 aliphatic heterocycles. The van der Waals surface area contributed by atoms with E-state index in [-0.39, 0.29) is 60.3 Å². The number of anilines is 1. The third-order valence-electron chi connectivity index (χ3n) is 14.1. The molecule has 1 unspecified atom stereocenters. The highest BCUT2D eigenvalue weighted by molar-refractivity contribution is 6.22. The van der Waals surface area contributed by atoms with Gasteiger partial charge in [0.2, 0.25) is 11.8 Å². The van der Waals surface area contributed by atoms with Crippen LogP contribution in [0.4, 0.5) is 5.69 Å². The summed E-state index contributed by atoms with van der Waals surface area (Å²) >= 11 is 0. The standard InChI is InChI=1S/C38H48N2O11/c1-18(2)32(43)51-28-21-14-22-27(28)36(45,15-24(21)47-4)38(46)30(49-6)29-35(12-11-25(48-5)37(22,29)34(38)39-16-35)17-50-33(44)20-9-7-8-10-23(20)40-26(41)13-19(3)31(40)42/h7-10,16,18-19,21-22,24-25,27-30,34,45-46H,11-15,17H2,1-6H3/t19-,21+,22+,24-,25-,27+,28-,29+,30-,34?,35-,36+,37-,38+/m0/s1. The molecule has 1 aromatic carbocycles. The van der Waals surface area contributed by atoms with Crippen LogP contribution in [0.25, 0.3) is 0 Å². The minimum atomic E-state index is -1.93. The van der Waals surface area contributed by atoms with Crippen molar-refractivity contribution in [1.29, 1.82) is 0 Å². The fraction of sp³-hybridized carbons (Fsp3) is 0.711. The first-order chi connectivity index (χ1) is 24.3. The Kier molecular flexibility index (Phi) is 7.95. The van der Waals surface area contributed by atoms with Crippen molar-refractivity contribution in [2.24, 2.45) is 51.3 Å². The molecule has 7 bridgehead atoms. The Morgan fingerprint density at radius 2 is 1.82 bits per heavy atom. The summed E-state index contributed by atoms with van der Waals surface area (Å²) in [7, 11) is 4.75. The zero-order chi connectivity index (χ0) is 36.4. The SMILES string of the molecule is CO[C@H]1C[C@@]2(O)[C@H]3[C@@H](OC(=O)C(C)C)[C@@H]1C[C@H]3[C@]13C4N=C[C@](COC(=O)c5ccccc5N5C(=O)C[C@H](C)C5=O)(CC[C@@H]1OC)[C@H]3[C@H](OC)[C@@]42O. The molecule has 0 radical (unpaired) electrons. The van der Waals surface area contributed by atoms with Gasteiger partial charge in [-0.2, -0.15) is 0 Å². The summed E-state index contributed by atoms with van der Waals surface area (Å²) in [6.07, 6.45) is 1.01. The Hall–Kier alpha value is -3.23. The second kappa shape index (κ2) is 11.6. The summed E-state index contributed by atoms with van der Waals surface area (Å²) in [6.45, 7) is 5.09. The lowest BCUT2D eigenvalue weighted by Crippen LogP contribution is -2.77. The number of ether oxygens (including phenoxy) is 5. The number of benzene rings is 1. The number of hydrogen-bond donors (Lipinski definition) is 2. The lowest BCUT2D eigenvalue weighted by molar-refractivity contribution is -0.293. The van der Waals surface area contributed by atoms with Gasteiger partial charge in [-0.1, -0.05) is 32.9 Å². The number of esters is 2. The highest BCUT2D eigenvalue weighted by Gasteiger charge is 2.91. The normalized spacial score (nSPS) is 45.8. The van der Waals surface area contributed by atoms with E-state index in [2.05, 4.69) is 0 Å². The van der Waals surface area contributed by atoms with E-state index in [4.69, 9.17) is 28.7 Å². The van der Waals surface area contributed by atoms with E-state index >= 15 is 0 Å². The fourth-order valence-electron chi connectivity index (χ4n) is 12.2. The molecule has 0 aromatic heterocycles. The Morgan fingerprint density at radius 1 is 1.08 bits per heavy atom. The number of amides is 2. The lowest BCUT2D eigenvalue weighted by Gasteiger charge is -2.65. The van der Waals surface area contributed by atoms with E-state index < -0.39 is 82.1 Å². The maximum absolute atomic E-state index is 14.0. The molecule has 1 spiro atoms. The quantitative estimate of drug-likeness (QED) is 0.285. The Balaban J connectivity index is 1.20. The molecule has 13 nitrogen and oxygen atoms in total. The molecule has 14 atom stereocenters. The van der Waals surface area contributed by atoms with Crippen LogP contribution in [0.3, 0.4) is 0 Å². The van der Waals surface area contributed by atoms with Gasteiger partial charge in [0.15, 0.2) is 0 Å². The number of nitrogens with zero attached hydrogens (tertiary/aromatic N) is 2. The maximum Gasteiger partial charge on any atom is 0.340 e. The maximum atomic E-state index is 14.0. The number of carbonyl (C=O) groups is 4. The monoisotopic (exact) mass is 708 g/mol. The summed E-state index contributed by atoms with van der Waals surface area (Å²) in [5, 5.41) is 26.3. The molecule has 1 aromatic rings. The molecule has 13 heteroatoms. The number of hydrogen-bond acceptors (Lipinski definition) is 12. The molecule has 8 rings (SSSR count). The molecule has 6 fully saturated rings. The van der Waals surface area contributed by atoms with Crippen LogP contribution in [0.5, 0.6) is 0 Å². The molecule has 276 valence electrons. The second-order valence-corrected chi connectivity index (χ2v) is 16.4. The van der Waals surface area contributed by atoms with Crippen molar-refractivity contribution in [3.63, 3.8) is 0 Å². The van der Waals surface area contributed by atoms with Gasteiger partial charge in [-0.25, -0.2) is 9.69 Å². The van der Waals surface area contributed by atoms with Crippen LogP contribution < -0.4 is 4.90 Å². The van der Waals surface area contributed by atoms with Crippen molar-refractivity contribution >= 4 is 35.7 Å². The third kappa shape index (κ3) is 4.18. The van der Waals surface area contributed by atoms with Crippen LogP contribution in [0.1, 0.15) is 63.2 Å². The average molecular weight is 709 g/mol. The molecule has 7 aliphatic rings. The van der Waals surface area contributed by atoms with Gasteiger partial charge in [0.1, 0.15) is 23.9 Å². The molecule has 5 aliphatic carbocycles. The molecule has 1 saturated heterocycles. The third-order valence-corrected chi connectivity index (χ3v) is 14.1. The fourth-order valence-corrected chi connectivity index (χ4v) is 12.2. The molecule has 2 heterocycles. The molecular formula is C38H48N2O11. The van der Waals surface area contributed by atoms with Gasteiger partial charge in [-0.05, 0) is 37.3 Å². The zero-order valence-corrected chi connectivity index (χ0v) is 29.9. The first-order valence-electron chi connectivity index (χ1n) is 18.2. The summed E-state index contributed by atoms with van der Waals surface area (Å²) < 4.78 is 31.0. The predicted octanol–water partition coefficient (Wildman–Crippen LogP) is 2.34. The molecule has 5 saturated carbocycles. The predicted molar refractivity (Wildman–Crippen MR) is 180 cm³/mol. The lowest BCUT2D eigenvalue weighted by atomic mass is 9.44. The highest BCUT2D eigenvalue weighted by atomic mass is 16.6. The minimum absolute atomic E-state index is 0.0622. The van der Waals surface area contributed by atoms with E-state index in [1.165, 1.54) is 13.2 Å². The van der Waals surface area contributed by atoms with Crippen molar-refractivity contribution in [3.8, 4) is 0 Å².